The molecule has 0 unspecified atom stereocenters. The van der Waals surface area contributed by atoms with Gasteiger partial charge in [-0.2, -0.15) is 0 Å². The molecular formula is C15H20N2O. The van der Waals surface area contributed by atoms with Gasteiger partial charge in [0.25, 0.3) is 0 Å². The zero-order chi connectivity index (χ0) is 13.1. The number of hydrogen-bond donors (Lipinski definition) is 0. The van der Waals surface area contributed by atoms with Gasteiger partial charge in [0.05, 0.1) is 6.54 Å². The normalized spacial score (nSPS) is 11.3. The van der Waals surface area contributed by atoms with Gasteiger partial charge in [0.15, 0.2) is 5.78 Å². The van der Waals surface area contributed by atoms with Crippen LogP contribution in [0.15, 0.2) is 30.5 Å². The van der Waals surface area contributed by atoms with E-state index < -0.39 is 0 Å². The molecule has 18 heavy (non-hydrogen) atoms. The van der Waals surface area contributed by atoms with E-state index >= 15 is 0 Å². The Morgan fingerprint density at radius 2 is 1.89 bits per heavy atom. The molecule has 3 heteroatoms. The lowest BCUT2D eigenvalue weighted by Gasteiger charge is -2.16. The molecule has 1 aromatic heterocycles. The number of aryl methyl sites for hydroxylation is 1. The number of likely N-dealkylation sites (N-methyl/N-ethyl adjacent to an activating group) is 1. The summed E-state index contributed by atoms with van der Waals surface area (Å²) in [6, 6.07) is 8.05. The zero-order valence-electron chi connectivity index (χ0n) is 11.3. The van der Waals surface area contributed by atoms with Gasteiger partial charge < -0.3 is 4.57 Å². The van der Waals surface area contributed by atoms with Crippen molar-refractivity contribution in [1.29, 1.82) is 0 Å². The van der Waals surface area contributed by atoms with E-state index in [4.69, 9.17) is 0 Å². The van der Waals surface area contributed by atoms with Gasteiger partial charge in [-0.1, -0.05) is 32.0 Å². The molecular weight excluding hydrogens is 224 g/mol. The highest BCUT2D eigenvalue weighted by Crippen LogP contribution is 2.20. The Morgan fingerprint density at radius 3 is 2.56 bits per heavy atom. The number of hydrogen-bond acceptors (Lipinski definition) is 2. The topological polar surface area (TPSA) is 25.2 Å². The van der Waals surface area contributed by atoms with Crippen LogP contribution in [0.25, 0.3) is 10.9 Å². The molecule has 0 fully saturated rings. The minimum atomic E-state index is 0.204. The SMILES string of the molecule is CCN(CC)CC(=O)c1cn(C)c2ccccc12. The lowest BCUT2D eigenvalue weighted by molar-refractivity contribution is 0.0939. The number of nitrogens with zero attached hydrogens (tertiary/aromatic N) is 2. The number of fused-ring (bicyclic) bond motifs is 1. The highest BCUT2D eigenvalue weighted by molar-refractivity contribution is 6.09. The van der Waals surface area contributed by atoms with E-state index in [0.717, 1.165) is 29.6 Å². The van der Waals surface area contributed by atoms with Gasteiger partial charge in [0, 0.05) is 29.7 Å². The van der Waals surface area contributed by atoms with E-state index in [1.165, 1.54) is 0 Å². The number of Topliss-reactive ketones (excluding diaryl/α,β-unsaturated/α-hetero) is 1. The molecule has 2 aromatic rings. The van der Waals surface area contributed by atoms with Crippen LogP contribution in [0, 0.1) is 0 Å². The van der Waals surface area contributed by atoms with Crippen LogP contribution in [0.4, 0.5) is 0 Å². The molecule has 0 amide bonds. The van der Waals surface area contributed by atoms with Gasteiger partial charge in [0.1, 0.15) is 0 Å². The first-order valence-electron chi connectivity index (χ1n) is 6.47. The first kappa shape index (κ1) is 12.8. The van der Waals surface area contributed by atoms with Gasteiger partial charge in [-0.15, -0.1) is 0 Å². The molecule has 0 saturated carbocycles. The van der Waals surface area contributed by atoms with Crippen LogP contribution in [0.1, 0.15) is 24.2 Å². The second kappa shape index (κ2) is 5.36. The van der Waals surface area contributed by atoms with Crippen LogP contribution in [0.3, 0.4) is 0 Å². The second-order valence-corrected chi connectivity index (χ2v) is 4.56. The standard InChI is InChI=1S/C15H20N2O/c1-4-17(5-2)11-15(18)13-10-16(3)14-9-7-6-8-12(13)14/h6-10H,4-5,11H2,1-3H3. The lowest BCUT2D eigenvalue weighted by Crippen LogP contribution is -2.29. The van der Waals surface area contributed by atoms with Gasteiger partial charge in [-0.3, -0.25) is 9.69 Å². The number of aromatic nitrogens is 1. The molecule has 3 nitrogen and oxygen atoms in total. The van der Waals surface area contributed by atoms with Crippen molar-refractivity contribution in [3.8, 4) is 0 Å². The molecule has 0 radical (unpaired) electrons. The van der Waals surface area contributed by atoms with Crippen LogP contribution in [-0.4, -0.2) is 34.9 Å². The Bertz CT molecular complexity index is 553. The van der Waals surface area contributed by atoms with Crippen molar-refractivity contribution in [2.24, 2.45) is 7.05 Å². The summed E-state index contributed by atoms with van der Waals surface area (Å²) >= 11 is 0. The highest BCUT2D eigenvalue weighted by atomic mass is 16.1. The minimum absolute atomic E-state index is 0.204. The number of para-hydroxylation sites is 1. The summed E-state index contributed by atoms with van der Waals surface area (Å²) in [5, 5.41) is 1.05. The summed E-state index contributed by atoms with van der Waals surface area (Å²) in [5.74, 6) is 0.204. The van der Waals surface area contributed by atoms with E-state index in [0.29, 0.717) is 6.54 Å². The molecule has 0 aliphatic carbocycles. The predicted molar refractivity (Wildman–Crippen MR) is 75.0 cm³/mol. The Balaban J connectivity index is 2.33. The molecule has 0 atom stereocenters. The van der Waals surface area contributed by atoms with Crippen molar-refractivity contribution in [2.75, 3.05) is 19.6 Å². The van der Waals surface area contributed by atoms with Crippen LogP contribution in [-0.2, 0) is 7.05 Å². The summed E-state index contributed by atoms with van der Waals surface area (Å²) in [4.78, 5) is 14.5. The number of carbonyl (C=O) groups is 1. The maximum atomic E-state index is 12.3. The smallest absolute Gasteiger partial charge is 0.178 e. The van der Waals surface area contributed by atoms with E-state index in [9.17, 15) is 4.79 Å². The van der Waals surface area contributed by atoms with Crippen LogP contribution < -0.4 is 0 Å². The number of ketones is 1. The van der Waals surface area contributed by atoms with Crippen molar-refractivity contribution in [2.45, 2.75) is 13.8 Å². The summed E-state index contributed by atoms with van der Waals surface area (Å²) in [6.07, 6.45) is 1.94. The van der Waals surface area contributed by atoms with Crippen molar-refractivity contribution in [1.82, 2.24) is 9.47 Å². The van der Waals surface area contributed by atoms with Crippen molar-refractivity contribution >= 4 is 16.7 Å². The Hall–Kier alpha value is -1.61. The maximum absolute atomic E-state index is 12.3. The summed E-state index contributed by atoms with van der Waals surface area (Å²) in [7, 11) is 1.98. The summed E-state index contributed by atoms with van der Waals surface area (Å²) < 4.78 is 2.02. The highest BCUT2D eigenvalue weighted by Gasteiger charge is 2.15. The van der Waals surface area contributed by atoms with Gasteiger partial charge in [-0.25, -0.2) is 0 Å². The monoisotopic (exact) mass is 244 g/mol. The zero-order valence-corrected chi connectivity index (χ0v) is 11.3. The van der Waals surface area contributed by atoms with E-state index in [1.807, 2.05) is 42.1 Å². The first-order chi connectivity index (χ1) is 8.67. The fraction of sp³-hybridized carbons (Fsp3) is 0.400. The number of rotatable bonds is 5. The Labute approximate surface area is 108 Å². The van der Waals surface area contributed by atoms with Crippen molar-refractivity contribution < 1.29 is 4.79 Å². The quantitative estimate of drug-likeness (QED) is 0.756. The largest absolute Gasteiger partial charge is 0.350 e. The van der Waals surface area contributed by atoms with E-state index in [-0.39, 0.29) is 5.78 Å². The average Bonchev–Trinajstić information content (AvgIpc) is 2.74. The van der Waals surface area contributed by atoms with Crippen LogP contribution in [0.2, 0.25) is 0 Å². The molecule has 0 aliphatic rings. The van der Waals surface area contributed by atoms with E-state index in [1.54, 1.807) is 0 Å². The molecule has 0 saturated heterocycles. The maximum Gasteiger partial charge on any atom is 0.178 e. The van der Waals surface area contributed by atoms with Gasteiger partial charge in [-0.05, 0) is 19.2 Å². The van der Waals surface area contributed by atoms with Gasteiger partial charge >= 0.3 is 0 Å². The van der Waals surface area contributed by atoms with Crippen molar-refractivity contribution in [3.05, 3.63) is 36.0 Å². The fourth-order valence-corrected chi connectivity index (χ4v) is 2.30. The van der Waals surface area contributed by atoms with Crippen molar-refractivity contribution in [3.63, 3.8) is 0 Å². The molecule has 0 spiro atoms. The molecule has 0 bridgehead atoms. The average molecular weight is 244 g/mol. The molecule has 0 N–H and O–H groups in total. The predicted octanol–water partition coefficient (Wildman–Crippen LogP) is 2.70. The summed E-state index contributed by atoms with van der Waals surface area (Å²) in [6.45, 7) is 6.49. The van der Waals surface area contributed by atoms with Gasteiger partial charge in [0.2, 0.25) is 0 Å². The summed E-state index contributed by atoms with van der Waals surface area (Å²) in [5.41, 5.74) is 1.94. The molecule has 2 rings (SSSR count). The second-order valence-electron chi connectivity index (χ2n) is 4.56. The lowest BCUT2D eigenvalue weighted by atomic mass is 10.1. The molecule has 96 valence electrons. The minimum Gasteiger partial charge on any atom is -0.350 e. The third-order valence-corrected chi connectivity index (χ3v) is 3.46. The third kappa shape index (κ3) is 2.31. The molecule has 0 aliphatic heterocycles. The first-order valence-corrected chi connectivity index (χ1v) is 6.47. The van der Waals surface area contributed by atoms with E-state index in [2.05, 4.69) is 18.7 Å². The van der Waals surface area contributed by atoms with Crippen LogP contribution in [0.5, 0.6) is 0 Å². The number of benzene rings is 1. The molecule has 1 aromatic carbocycles. The fourth-order valence-electron chi connectivity index (χ4n) is 2.30. The van der Waals surface area contributed by atoms with Crippen LogP contribution >= 0.6 is 0 Å². The third-order valence-electron chi connectivity index (χ3n) is 3.46. The Kier molecular flexibility index (Phi) is 3.82. The Morgan fingerprint density at radius 1 is 1.22 bits per heavy atom. The number of carbonyl (C=O) groups excluding carboxylic acids is 1. The molecule has 1 heterocycles.